The highest BCUT2D eigenvalue weighted by atomic mass is 16.5. The minimum atomic E-state index is 0.436. The van der Waals surface area contributed by atoms with Gasteiger partial charge in [0.15, 0.2) is 0 Å². The number of H-pyrrole nitrogens is 1. The van der Waals surface area contributed by atoms with Crippen molar-refractivity contribution in [2.24, 2.45) is 0 Å². The van der Waals surface area contributed by atoms with Crippen molar-refractivity contribution in [1.29, 1.82) is 0 Å². The number of rotatable bonds is 3. The van der Waals surface area contributed by atoms with Crippen LogP contribution in [0.15, 0.2) is 64.1 Å². The predicted octanol–water partition coefficient (Wildman–Crippen LogP) is 3.39. The largest absolute Gasteiger partial charge is 0.472 e. The lowest BCUT2D eigenvalue weighted by Gasteiger charge is -1.99. The highest BCUT2D eigenvalue weighted by molar-refractivity contribution is 5.68. The van der Waals surface area contributed by atoms with Crippen LogP contribution in [0.4, 0.5) is 0 Å². The zero-order chi connectivity index (χ0) is 14.1. The van der Waals surface area contributed by atoms with Crippen molar-refractivity contribution >= 4 is 0 Å². The molecule has 0 aliphatic heterocycles. The van der Waals surface area contributed by atoms with Gasteiger partial charge in [-0.1, -0.05) is 23.4 Å². The smallest absolute Gasteiger partial charge is 0.261 e. The van der Waals surface area contributed by atoms with E-state index in [1.54, 1.807) is 24.8 Å². The number of hydrogen-bond acceptors (Lipinski definition) is 5. The molecule has 0 aliphatic rings. The molecule has 6 heteroatoms. The van der Waals surface area contributed by atoms with E-state index in [1.807, 2.05) is 30.3 Å². The van der Waals surface area contributed by atoms with Gasteiger partial charge in [-0.2, -0.15) is 10.1 Å². The number of furan rings is 1. The van der Waals surface area contributed by atoms with Crippen LogP contribution in [0.2, 0.25) is 0 Å². The quantitative estimate of drug-likeness (QED) is 0.621. The number of aromatic nitrogens is 4. The Labute approximate surface area is 119 Å². The van der Waals surface area contributed by atoms with Gasteiger partial charge >= 0.3 is 0 Å². The molecule has 0 spiro atoms. The third-order valence-electron chi connectivity index (χ3n) is 3.13. The molecule has 0 amide bonds. The van der Waals surface area contributed by atoms with Gasteiger partial charge in [0.1, 0.15) is 6.26 Å². The van der Waals surface area contributed by atoms with E-state index in [-0.39, 0.29) is 0 Å². The molecule has 1 aromatic carbocycles. The first-order chi connectivity index (χ1) is 10.4. The van der Waals surface area contributed by atoms with Crippen LogP contribution in [0.3, 0.4) is 0 Å². The Morgan fingerprint density at radius 1 is 1.00 bits per heavy atom. The molecule has 3 heterocycles. The van der Waals surface area contributed by atoms with Crippen LogP contribution in [-0.4, -0.2) is 20.3 Å². The zero-order valence-electron chi connectivity index (χ0n) is 10.9. The predicted molar refractivity (Wildman–Crippen MR) is 75.0 cm³/mol. The standard InChI is InChI=1S/C15H10N4O2/c1-2-10(13-4-6-16-18-13)8-11(3-1)14-17-15(21-19-14)12-5-7-20-9-12/h1-9H,(H,16,18). The lowest BCUT2D eigenvalue weighted by atomic mass is 10.1. The van der Waals surface area contributed by atoms with E-state index in [2.05, 4.69) is 20.3 Å². The summed E-state index contributed by atoms with van der Waals surface area (Å²) >= 11 is 0. The van der Waals surface area contributed by atoms with Crippen LogP contribution in [0, 0.1) is 0 Å². The first-order valence-electron chi connectivity index (χ1n) is 6.36. The fourth-order valence-corrected chi connectivity index (χ4v) is 2.09. The summed E-state index contributed by atoms with van der Waals surface area (Å²) in [6.07, 6.45) is 4.85. The highest BCUT2D eigenvalue weighted by Gasteiger charge is 2.12. The van der Waals surface area contributed by atoms with Crippen LogP contribution in [0.25, 0.3) is 34.1 Å². The fourth-order valence-electron chi connectivity index (χ4n) is 2.09. The van der Waals surface area contributed by atoms with Crippen LogP contribution in [0.5, 0.6) is 0 Å². The summed E-state index contributed by atoms with van der Waals surface area (Å²) in [4.78, 5) is 4.38. The summed E-state index contributed by atoms with van der Waals surface area (Å²) in [5, 5.41) is 10.9. The summed E-state index contributed by atoms with van der Waals surface area (Å²) < 4.78 is 10.3. The van der Waals surface area contributed by atoms with Crippen molar-refractivity contribution in [3.8, 4) is 34.1 Å². The number of aromatic amines is 1. The molecule has 102 valence electrons. The average Bonchev–Trinajstić information content (AvgIpc) is 3.26. The molecule has 0 aliphatic carbocycles. The van der Waals surface area contributed by atoms with Crippen molar-refractivity contribution in [1.82, 2.24) is 20.3 Å². The normalized spacial score (nSPS) is 10.9. The molecule has 0 atom stereocenters. The maximum absolute atomic E-state index is 5.25. The molecule has 4 rings (SSSR count). The fraction of sp³-hybridized carbons (Fsp3) is 0. The molecule has 0 saturated heterocycles. The number of benzene rings is 1. The van der Waals surface area contributed by atoms with Crippen LogP contribution >= 0.6 is 0 Å². The molecule has 4 aromatic rings. The van der Waals surface area contributed by atoms with Gasteiger partial charge in [-0.05, 0) is 18.2 Å². The Bertz CT molecular complexity index is 848. The zero-order valence-corrected chi connectivity index (χ0v) is 10.9. The van der Waals surface area contributed by atoms with Crippen molar-refractivity contribution in [3.05, 3.63) is 55.1 Å². The molecule has 0 saturated carbocycles. The number of nitrogens with one attached hydrogen (secondary N) is 1. The van der Waals surface area contributed by atoms with E-state index in [4.69, 9.17) is 8.94 Å². The van der Waals surface area contributed by atoms with Crippen molar-refractivity contribution < 1.29 is 8.94 Å². The van der Waals surface area contributed by atoms with Crippen LogP contribution in [-0.2, 0) is 0 Å². The second-order valence-electron chi connectivity index (χ2n) is 4.49. The number of hydrogen-bond donors (Lipinski definition) is 1. The third-order valence-corrected chi connectivity index (χ3v) is 3.13. The van der Waals surface area contributed by atoms with Crippen molar-refractivity contribution in [2.75, 3.05) is 0 Å². The summed E-state index contributed by atoms with van der Waals surface area (Å²) in [6, 6.07) is 11.5. The van der Waals surface area contributed by atoms with Crippen molar-refractivity contribution in [3.63, 3.8) is 0 Å². The second kappa shape index (κ2) is 4.75. The summed E-state index contributed by atoms with van der Waals surface area (Å²) in [6.45, 7) is 0. The number of nitrogens with zero attached hydrogens (tertiary/aromatic N) is 3. The monoisotopic (exact) mass is 278 g/mol. The van der Waals surface area contributed by atoms with E-state index in [9.17, 15) is 0 Å². The van der Waals surface area contributed by atoms with Gasteiger partial charge in [0.2, 0.25) is 5.82 Å². The first kappa shape index (κ1) is 11.7. The molecule has 0 bridgehead atoms. The van der Waals surface area contributed by atoms with Crippen LogP contribution < -0.4 is 0 Å². The topological polar surface area (TPSA) is 80.7 Å². The lowest BCUT2D eigenvalue weighted by molar-refractivity contribution is 0.431. The molecule has 0 radical (unpaired) electrons. The first-order valence-corrected chi connectivity index (χ1v) is 6.36. The Hall–Kier alpha value is -3.15. The molecule has 21 heavy (non-hydrogen) atoms. The van der Waals surface area contributed by atoms with E-state index in [1.165, 1.54) is 0 Å². The Balaban J connectivity index is 1.72. The summed E-state index contributed by atoms with van der Waals surface area (Å²) in [5.41, 5.74) is 3.59. The Morgan fingerprint density at radius 2 is 1.95 bits per heavy atom. The summed E-state index contributed by atoms with van der Waals surface area (Å²) in [5.74, 6) is 0.971. The molecule has 1 N–H and O–H groups in total. The minimum absolute atomic E-state index is 0.436. The second-order valence-corrected chi connectivity index (χ2v) is 4.49. The molecule has 3 aromatic heterocycles. The van der Waals surface area contributed by atoms with Gasteiger partial charge in [-0.3, -0.25) is 5.10 Å². The molecule has 0 unspecified atom stereocenters. The Kier molecular flexibility index (Phi) is 2.64. The SMILES string of the molecule is c1cc(-c2noc(-c3ccoc3)n2)cc(-c2ccn[nH]2)c1. The molecular formula is C15H10N4O2. The van der Waals surface area contributed by atoms with Gasteiger partial charge in [-0.25, -0.2) is 0 Å². The van der Waals surface area contributed by atoms with E-state index < -0.39 is 0 Å². The summed E-state index contributed by atoms with van der Waals surface area (Å²) in [7, 11) is 0. The van der Waals surface area contributed by atoms with E-state index in [0.717, 1.165) is 22.4 Å². The Morgan fingerprint density at radius 3 is 2.76 bits per heavy atom. The van der Waals surface area contributed by atoms with Gasteiger partial charge in [0, 0.05) is 17.3 Å². The third kappa shape index (κ3) is 2.12. The minimum Gasteiger partial charge on any atom is -0.472 e. The van der Waals surface area contributed by atoms with Gasteiger partial charge < -0.3 is 8.94 Å². The van der Waals surface area contributed by atoms with Gasteiger partial charge in [0.25, 0.3) is 5.89 Å². The average molecular weight is 278 g/mol. The van der Waals surface area contributed by atoms with E-state index >= 15 is 0 Å². The van der Waals surface area contributed by atoms with Crippen molar-refractivity contribution in [2.45, 2.75) is 0 Å². The molecule has 0 fully saturated rings. The lowest BCUT2D eigenvalue weighted by Crippen LogP contribution is -1.83. The highest BCUT2D eigenvalue weighted by Crippen LogP contribution is 2.25. The van der Waals surface area contributed by atoms with E-state index in [0.29, 0.717) is 11.7 Å². The molecule has 6 nitrogen and oxygen atoms in total. The van der Waals surface area contributed by atoms with Crippen LogP contribution in [0.1, 0.15) is 0 Å². The maximum atomic E-state index is 5.25. The maximum Gasteiger partial charge on any atom is 0.261 e. The molecular weight excluding hydrogens is 268 g/mol. The van der Waals surface area contributed by atoms with Gasteiger partial charge in [-0.15, -0.1) is 0 Å². The van der Waals surface area contributed by atoms with Gasteiger partial charge in [0.05, 0.1) is 17.5 Å².